The number of anilines is 1. The highest BCUT2D eigenvalue weighted by Gasteiger charge is 2.37. The van der Waals surface area contributed by atoms with Crippen molar-refractivity contribution in [3.8, 4) is 6.07 Å². The van der Waals surface area contributed by atoms with Gasteiger partial charge in [0.05, 0.1) is 18.0 Å². The van der Waals surface area contributed by atoms with Crippen LogP contribution in [0.4, 0.5) is 5.69 Å². The van der Waals surface area contributed by atoms with Gasteiger partial charge in [0, 0.05) is 31.7 Å². The summed E-state index contributed by atoms with van der Waals surface area (Å²) in [6, 6.07) is 11.0. The molecule has 1 aromatic carbocycles. The van der Waals surface area contributed by atoms with E-state index in [4.69, 9.17) is 5.26 Å². The molecule has 4 heteroatoms. The van der Waals surface area contributed by atoms with E-state index < -0.39 is 0 Å². The molecule has 1 amide bonds. The Morgan fingerprint density at radius 2 is 2.00 bits per heavy atom. The lowest BCUT2D eigenvalue weighted by molar-refractivity contribution is -0.129. The van der Waals surface area contributed by atoms with Gasteiger partial charge in [0.25, 0.3) is 0 Å². The van der Waals surface area contributed by atoms with Crippen LogP contribution in [-0.4, -0.2) is 36.5 Å². The van der Waals surface area contributed by atoms with Crippen LogP contribution in [0.1, 0.15) is 18.4 Å². The number of nitrogens with zero attached hydrogens (tertiary/aromatic N) is 3. The van der Waals surface area contributed by atoms with Crippen molar-refractivity contribution in [2.45, 2.75) is 25.8 Å². The average molecular weight is 269 g/mol. The molecule has 1 aromatic rings. The molecule has 2 heterocycles. The van der Waals surface area contributed by atoms with Gasteiger partial charge in [-0.2, -0.15) is 5.26 Å². The number of aryl methyl sites for hydroxylation is 1. The molecular formula is C16H19N3O. The van der Waals surface area contributed by atoms with Crippen LogP contribution in [0.25, 0.3) is 0 Å². The Morgan fingerprint density at radius 3 is 2.65 bits per heavy atom. The van der Waals surface area contributed by atoms with Gasteiger partial charge in [-0.1, -0.05) is 17.7 Å². The van der Waals surface area contributed by atoms with Gasteiger partial charge in [-0.3, -0.25) is 4.79 Å². The van der Waals surface area contributed by atoms with Crippen LogP contribution in [-0.2, 0) is 4.79 Å². The Bertz CT molecular complexity index is 546. The third-order valence-electron chi connectivity index (χ3n) is 4.34. The van der Waals surface area contributed by atoms with E-state index in [1.165, 1.54) is 11.3 Å². The number of rotatable bonds is 2. The molecule has 2 atom stereocenters. The van der Waals surface area contributed by atoms with Crippen LogP contribution in [0.3, 0.4) is 0 Å². The van der Waals surface area contributed by atoms with Crippen molar-refractivity contribution in [2.75, 3.05) is 24.5 Å². The summed E-state index contributed by atoms with van der Waals surface area (Å²) >= 11 is 0. The number of benzene rings is 1. The first-order chi connectivity index (χ1) is 9.67. The van der Waals surface area contributed by atoms with E-state index in [-0.39, 0.29) is 17.9 Å². The summed E-state index contributed by atoms with van der Waals surface area (Å²) in [7, 11) is 0. The maximum atomic E-state index is 12.0. The molecule has 0 aromatic heterocycles. The summed E-state index contributed by atoms with van der Waals surface area (Å²) < 4.78 is 0. The van der Waals surface area contributed by atoms with Crippen molar-refractivity contribution in [1.29, 1.82) is 5.26 Å². The number of likely N-dealkylation sites (tertiary alicyclic amines) is 1. The zero-order valence-electron chi connectivity index (χ0n) is 11.7. The van der Waals surface area contributed by atoms with E-state index in [1.54, 1.807) is 0 Å². The SMILES string of the molecule is Cc1ccc(N2CCC(N3CC(C#N)CC3=O)C2)cc1. The molecule has 2 fully saturated rings. The minimum atomic E-state index is -0.115. The lowest BCUT2D eigenvalue weighted by Crippen LogP contribution is -2.38. The van der Waals surface area contributed by atoms with E-state index in [9.17, 15) is 4.79 Å². The fraction of sp³-hybridized carbons (Fsp3) is 0.500. The molecule has 0 spiro atoms. The maximum absolute atomic E-state index is 12.0. The van der Waals surface area contributed by atoms with Crippen molar-refractivity contribution in [1.82, 2.24) is 4.90 Å². The molecule has 4 nitrogen and oxygen atoms in total. The van der Waals surface area contributed by atoms with Crippen molar-refractivity contribution in [2.24, 2.45) is 5.92 Å². The van der Waals surface area contributed by atoms with Gasteiger partial charge in [0.2, 0.25) is 5.91 Å². The quantitative estimate of drug-likeness (QED) is 0.824. The van der Waals surface area contributed by atoms with Crippen molar-refractivity contribution in [3.05, 3.63) is 29.8 Å². The molecule has 0 N–H and O–H groups in total. The van der Waals surface area contributed by atoms with Gasteiger partial charge in [-0.05, 0) is 25.5 Å². The largest absolute Gasteiger partial charge is 0.369 e. The molecule has 0 saturated carbocycles. The summed E-state index contributed by atoms with van der Waals surface area (Å²) in [6.45, 7) is 4.56. The molecule has 2 aliphatic heterocycles. The fourth-order valence-electron chi connectivity index (χ4n) is 3.16. The first-order valence-electron chi connectivity index (χ1n) is 7.18. The summed E-state index contributed by atoms with van der Waals surface area (Å²) in [6.07, 6.45) is 1.40. The van der Waals surface area contributed by atoms with Gasteiger partial charge in [-0.15, -0.1) is 0 Å². The van der Waals surface area contributed by atoms with Crippen LogP contribution in [0.5, 0.6) is 0 Å². The molecule has 2 aliphatic rings. The second-order valence-corrected chi connectivity index (χ2v) is 5.80. The zero-order chi connectivity index (χ0) is 14.1. The summed E-state index contributed by atoms with van der Waals surface area (Å²) in [5.74, 6) is 0.0308. The van der Waals surface area contributed by atoms with Crippen molar-refractivity contribution in [3.63, 3.8) is 0 Å². The summed E-state index contributed by atoms with van der Waals surface area (Å²) in [5.41, 5.74) is 2.48. The first kappa shape index (κ1) is 13.0. The lowest BCUT2D eigenvalue weighted by Gasteiger charge is -2.25. The average Bonchev–Trinajstić information content (AvgIpc) is 3.06. The molecule has 0 bridgehead atoms. The molecule has 104 valence electrons. The Kier molecular flexibility index (Phi) is 3.35. The number of hydrogen-bond donors (Lipinski definition) is 0. The molecule has 0 radical (unpaired) electrons. The van der Waals surface area contributed by atoms with E-state index in [0.29, 0.717) is 13.0 Å². The predicted octanol–water partition coefficient (Wildman–Crippen LogP) is 1.95. The normalized spacial score (nSPS) is 26.1. The molecule has 0 aliphatic carbocycles. The summed E-state index contributed by atoms with van der Waals surface area (Å²) in [4.78, 5) is 16.2. The number of hydrogen-bond acceptors (Lipinski definition) is 3. The fourth-order valence-corrected chi connectivity index (χ4v) is 3.16. The highest BCUT2D eigenvalue weighted by Crippen LogP contribution is 2.27. The third-order valence-corrected chi connectivity index (χ3v) is 4.34. The van der Waals surface area contributed by atoms with Crippen molar-refractivity contribution < 1.29 is 4.79 Å². The standard InChI is InChI=1S/C16H19N3O/c1-12-2-4-14(5-3-12)18-7-6-15(11-18)19-10-13(9-17)8-16(19)20/h2-5,13,15H,6-8,10-11H2,1H3. The van der Waals surface area contributed by atoms with Gasteiger partial charge >= 0.3 is 0 Å². The van der Waals surface area contributed by atoms with Crippen LogP contribution in [0.2, 0.25) is 0 Å². The number of amides is 1. The minimum Gasteiger partial charge on any atom is -0.369 e. The second-order valence-electron chi connectivity index (χ2n) is 5.80. The number of carbonyl (C=O) groups excluding carboxylic acids is 1. The topological polar surface area (TPSA) is 47.3 Å². The van der Waals surface area contributed by atoms with Gasteiger partial charge in [0.15, 0.2) is 0 Å². The van der Waals surface area contributed by atoms with Crippen molar-refractivity contribution >= 4 is 11.6 Å². The van der Waals surface area contributed by atoms with Crippen LogP contribution < -0.4 is 4.90 Å². The van der Waals surface area contributed by atoms with E-state index in [0.717, 1.165) is 19.5 Å². The molecular weight excluding hydrogens is 250 g/mol. The Balaban J connectivity index is 1.67. The van der Waals surface area contributed by atoms with Crippen LogP contribution in [0.15, 0.2) is 24.3 Å². The first-order valence-corrected chi connectivity index (χ1v) is 7.18. The second kappa shape index (κ2) is 5.16. The van der Waals surface area contributed by atoms with E-state index >= 15 is 0 Å². The minimum absolute atomic E-state index is 0.115. The Labute approximate surface area is 119 Å². The van der Waals surface area contributed by atoms with E-state index in [2.05, 4.69) is 42.2 Å². The summed E-state index contributed by atoms with van der Waals surface area (Å²) in [5, 5.41) is 8.96. The maximum Gasteiger partial charge on any atom is 0.224 e. The monoisotopic (exact) mass is 269 g/mol. The van der Waals surface area contributed by atoms with E-state index in [1.807, 2.05) is 4.90 Å². The number of nitriles is 1. The lowest BCUT2D eigenvalue weighted by atomic mass is 10.1. The van der Waals surface area contributed by atoms with Gasteiger partial charge < -0.3 is 9.80 Å². The van der Waals surface area contributed by atoms with Crippen LogP contribution >= 0.6 is 0 Å². The van der Waals surface area contributed by atoms with Gasteiger partial charge in [-0.25, -0.2) is 0 Å². The highest BCUT2D eigenvalue weighted by atomic mass is 16.2. The molecule has 2 unspecified atom stereocenters. The van der Waals surface area contributed by atoms with Crippen LogP contribution in [0, 0.1) is 24.2 Å². The third kappa shape index (κ3) is 2.36. The van der Waals surface area contributed by atoms with Gasteiger partial charge in [0.1, 0.15) is 0 Å². The number of carbonyl (C=O) groups is 1. The molecule has 2 saturated heterocycles. The smallest absolute Gasteiger partial charge is 0.224 e. The molecule has 3 rings (SSSR count). The Morgan fingerprint density at radius 1 is 1.25 bits per heavy atom. The molecule has 20 heavy (non-hydrogen) atoms. The Hall–Kier alpha value is -2.02. The zero-order valence-corrected chi connectivity index (χ0v) is 11.7. The predicted molar refractivity (Wildman–Crippen MR) is 77.2 cm³/mol. The highest BCUT2D eigenvalue weighted by molar-refractivity contribution is 5.79.